The molecule has 0 saturated carbocycles. The molecule has 0 radical (unpaired) electrons. The normalized spacial score (nSPS) is 16.4. The molecular formula is C23H24N2O4S. The molecule has 0 spiro atoms. The first-order valence-corrected chi connectivity index (χ1v) is 11.4. The third-order valence-corrected chi connectivity index (χ3v) is 7.23. The Morgan fingerprint density at radius 2 is 1.50 bits per heavy atom. The van der Waals surface area contributed by atoms with E-state index >= 15 is 0 Å². The molecular weight excluding hydrogens is 400 g/mol. The number of hydrogen-bond acceptors (Lipinski definition) is 4. The molecule has 30 heavy (non-hydrogen) atoms. The van der Waals surface area contributed by atoms with Gasteiger partial charge >= 0.3 is 0 Å². The lowest BCUT2D eigenvalue weighted by molar-refractivity contribution is -0.139. The molecule has 1 amide bonds. The van der Waals surface area contributed by atoms with Crippen LogP contribution in [0.25, 0.3) is 10.8 Å². The Kier molecular flexibility index (Phi) is 5.74. The zero-order valence-corrected chi connectivity index (χ0v) is 17.6. The van der Waals surface area contributed by atoms with Crippen LogP contribution in [-0.4, -0.2) is 55.8 Å². The summed E-state index contributed by atoms with van der Waals surface area (Å²) in [6.07, 6.45) is -0.650. The molecule has 1 fully saturated rings. The van der Waals surface area contributed by atoms with E-state index in [4.69, 9.17) is 4.74 Å². The van der Waals surface area contributed by atoms with Crippen molar-refractivity contribution in [2.45, 2.75) is 17.9 Å². The number of benzene rings is 3. The predicted octanol–water partition coefficient (Wildman–Crippen LogP) is 3.14. The van der Waals surface area contributed by atoms with E-state index in [-0.39, 0.29) is 23.9 Å². The van der Waals surface area contributed by atoms with E-state index < -0.39 is 16.1 Å². The summed E-state index contributed by atoms with van der Waals surface area (Å²) in [6.45, 7) is 2.95. The minimum atomic E-state index is -3.54. The van der Waals surface area contributed by atoms with Gasteiger partial charge < -0.3 is 9.64 Å². The number of fused-ring (bicyclic) bond motifs is 1. The van der Waals surface area contributed by atoms with Crippen LogP contribution in [0.4, 0.5) is 0 Å². The standard InChI is InChI=1S/C23H24N2O4S/c1-18(29-21-12-11-19-7-5-6-8-20(19)17-21)23(26)24-13-15-25(16-14-24)30(27,28)22-9-3-2-4-10-22/h2-12,17-18H,13-16H2,1H3/t18-/m1/s1. The van der Waals surface area contributed by atoms with E-state index in [0.717, 1.165) is 10.8 Å². The quantitative estimate of drug-likeness (QED) is 0.631. The summed E-state index contributed by atoms with van der Waals surface area (Å²) in [7, 11) is -3.54. The van der Waals surface area contributed by atoms with Crippen molar-refractivity contribution < 1.29 is 17.9 Å². The second-order valence-electron chi connectivity index (χ2n) is 7.31. The molecule has 0 aromatic heterocycles. The highest BCUT2D eigenvalue weighted by Crippen LogP contribution is 2.22. The SMILES string of the molecule is C[C@@H](Oc1ccc2ccccc2c1)C(=O)N1CCN(S(=O)(=O)c2ccccc2)CC1. The lowest BCUT2D eigenvalue weighted by Crippen LogP contribution is -2.53. The molecule has 0 unspecified atom stereocenters. The van der Waals surface area contributed by atoms with Crippen LogP contribution in [0.2, 0.25) is 0 Å². The van der Waals surface area contributed by atoms with E-state index in [9.17, 15) is 13.2 Å². The van der Waals surface area contributed by atoms with E-state index in [1.54, 1.807) is 42.2 Å². The van der Waals surface area contributed by atoms with Gasteiger partial charge in [-0.3, -0.25) is 4.79 Å². The van der Waals surface area contributed by atoms with Crippen molar-refractivity contribution in [3.63, 3.8) is 0 Å². The fourth-order valence-corrected chi connectivity index (χ4v) is 5.09. The van der Waals surface area contributed by atoms with Crippen LogP contribution < -0.4 is 4.74 Å². The molecule has 1 atom stereocenters. The zero-order valence-electron chi connectivity index (χ0n) is 16.8. The Morgan fingerprint density at radius 1 is 0.867 bits per heavy atom. The number of amides is 1. The maximum Gasteiger partial charge on any atom is 0.263 e. The van der Waals surface area contributed by atoms with Crippen LogP contribution >= 0.6 is 0 Å². The number of piperazine rings is 1. The summed E-state index contributed by atoms with van der Waals surface area (Å²) in [5, 5.41) is 2.16. The summed E-state index contributed by atoms with van der Waals surface area (Å²) in [4.78, 5) is 14.8. The molecule has 0 bridgehead atoms. The van der Waals surface area contributed by atoms with Gasteiger partial charge in [-0.15, -0.1) is 0 Å². The van der Waals surface area contributed by atoms with Crippen LogP contribution in [0.5, 0.6) is 5.75 Å². The van der Waals surface area contributed by atoms with Gasteiger partial charge in [0, 0.05) is 26.2 Å². The average Bonchev–Trinajstić information content (AvgIpc) is 2.79. The number of sulfonamides is 1. The molecule has 1 aliphatic heterocycles. The first kappa shape index (κ1) is 20.4. The first-order chi connectivity index (χ1) is 14.4. The summed E-state index contributed by atoms with van der Waals surface area (Å²) in [6, 6.07) is 22.1. The van der Waals surface area contributed by atoms with E-state index in [1.807, 2.05) is 42.5 Å². The topological polar surface area (TPSA) is 66.9 Å². The van der Waals surface area contributed by atoms with Crippen molar-refractivity contribution >= 4 is 26.7 Å². The van der Waals surface area contributed by atoms with Crippen LogP contribution in [-0.2, 0) is 14.8 Å². The largest absolute Gasteiger partial charge is 0.481 e. The molecule has 6 nitrogen and oxygen atoms in total. The van der Waals surface area contributed by atoms with Gasteiger partial charge in [-0.25, -0.2) is 8.42 Å². The van der Waals surface area contributed by atoms with Crippen molar-refractivity contribution in [1.82, 2.24) is 9.21 Å². The minimum absolute atomic E-state index is 0.139. The van der Waals surface area contributed by atoms with Crippen LogP contribution in [0.1, 0.15) is 6.92 Å². The van der Waals surface area contributed by atoms with E-state index in [2.05, 4.69) is 0 Å². The lowest BCUT2D eigenvalue weighted by Gasteiger charge is -2.35. The predicted molar refractivity (Wildman–Crippen MR) is 116 cm³/mol. The first-order valence-electron chi connectivity index (χ1n) is 9.94. The Morgan fingerprint density at radius 3 is 2.20 bits per heavy atom. The Labute approximate surface area is 176 Å². The molecule has 156 valence electrons. The second-order valence-corrected chi connectivity index (χ2v) is 9.25. The van der Waals surface area contributed by atoms with Crippen LogP contribution in [0, 0.1) is 0 Å². The summed E-state index contributed by atoms with van der Waals surface area (Å²) in [5.41, 5.74) is 0. The average molecular weight is 425 g/mol. The third kappa shape index (κ3) is 4.17. The summed E-state index contributed by atoms with van der Waals surface area (Å²) >= 11 is 0. The Balaban J connectivity index is 1.37. The molecule has 1 saturated heterocycles. The summed E-state index contributed by atoms with van der Waals surface area (Å²) in [5.74, 6) is 0.500. The minimum Gasteiger partial charge on any atom is -0.481 e. The van der Waals surface area contributed by atoms with Gasteiger partial charge in [-0.2, -0.15) is 4.31 Å². The highest BCUT2D eigenvalue weighted by molar-refractivity contribution is 7.89. The third-order valence-electron chi connectivity index (χ3n) is 5.31. The van der Waals surface area contributed by atoms with Crippen molar-refractivity contribution in [2.24, 2.45) is 0 Å². The fraction of sp³-hybridized carbons (Fsp3) is 0.261. The number of hydrogen-bond donors (Lipinski definition) is 0. The highest BCUT2D eigenvalue weighted by atomic mass is 32.2. The van der Waals surface area contributed by atoms with Gasteiger partial charge in [0.1, 0.15) is 5.75 Å². The zero-order chi connectivity index (χ0) is 21.1. The van der Waals surface area contributed by atoms with Crippen molar-refractivity contribution in [2.75, 3.05) is 26.2 Å². The van der Waals surface area contributed by atoms with Gasteiger partial charge in [0.05, 0.1) is 4.90 Å². The molecule has 0 N–H and O–H groups in total. The van der Waals surface area contributed by atoms with Gasteiger partial charge in [-0.05, 0) is 42.0 Å². The van der Waals surface area contributed by atoms with Crippen molar-refractivity contribution in [3.8, 4) is 5.75 Å². The smallest absolute Gasteiger partial charge is 0.263 e. The number of ether oxygens (including phenoxy) is 1. The number of carbonyl (C=O) groups is 1. The molecule has 1 heterocycles. The second kappa shape index (κ2) is 8.45. The highest BCUT2D eigenvalue weighted by Gasteiger charge is 2.31. The van der Waals surface area contributed by atoms with Crippen molar-refractivity contribution in [1.29, 1.82) is 0 Å². The summed E-state index contributed by atoms with van der Waals surface area (Å²) < 4.78 is 32.8. The van der Waals surface area contributed by atoms with Gasteiger partial charge in [-0.1, -0.05) is 48.5 Å². The van der Waals surface area contributed by atoms with Gasteiger partial charge in [0.2, 0.25) is 10.0 Å². The fourth-order valence-electron chi connectivity index (χ4n) is 3.64. The number of nitrogens with zero attached hydrogens (tertiary/aromatic N) is 2. The van der Waals surface area contributed by atoms with Crippen LogP contribution in [0.15, 0.2) is 77.7 Å². The van der Waals surface area contributed by atoms with Crippen molar-refractivity contribution in [3.05, 3.63) is 72.8 Å². The molecule has 7 heteroatoms. The van der Waals surface area contributed by atoms with E-state index in [0.29, 0.717) is 18.8 Å². The molecule has 3 aromatic carbocycles. The number of rotatable bonds is 5. The molecule has 0 aliphatic carbocycles. The Bertz CT molecular complexity index is 1140. The van der Waals surface area contributed by atoms with E-state index in [1.165, 1.54) is 4.31 Å². The van der Waals surface area contributed by atoms with Crippen LogP contribution in [0.3, 0.4) is 0 Å². The Hall–Kier alpha value is -2.90. The lowest BCUT2D eigenvalue weighted by atomic mass is 10.1. The molecule has 3 aromatic rings. The van der Waals surface area contributed by atoms with Gasteiger partial charge in [0.25, 0.3) is 5.91 Å². The molecule has 4 rings (SSSR count). The number of carbonyl (C=O) groups excluding carboxylic acids is 1. The maximum atomic E-state index is 12.8. The monoisotopic (exact) mass is 424 g/mol. The molecule has 1 aliphatic rings. The maximum absolute atomic E-state index is 12.8. The van der Waals surface area contributed by atoms with Gasteiger partial charge in [0.15, 0.2) is 6.10 Å².